The summed E-state index contributed by atoms with van der Waals surface area (Å²) >= 11 is 5.87. The second-order valence-electron chi connectivity index (χ2n) is 2.57. The summed E-state index contributed by atoms with van der Waals surface area (Å²) in [5, 5.41) is 7.78. The molecule has 76 valence electrons. The number of halogens is 1. The first-order valence-electron chi connectivity index (χ1n) is 3.86. The van der Waals surface area contributed by atoms with E-state index < -0.39 is 0 Å². The van der Waals surface area contributed by atoms with Gasteiger partial charge in [-0.3, -0.25) is 5.41 Å². The summed E-state index contributed by atoms with van der Waals surface area (Å²) in [4.78, 5) is 0. The van der Waals surface area contributed by atoms with Crippen molar-refractivity contribution in [2.75, 3.05) is 14.2 Å². The van der Waals surface area contributed by atoms with Crippen molar-refractivity contribution in [3.63, 3.8) is 0 Å². The Balaban J connectivity index is 3.43. The van der Waals surface area contributed by atoms with Gasteiger partial charge in [-0.1, -0.05) is 11.6 Å². The average Bonchev–Trinajstić information content (AvgIpc) is 2.17. The van der Waals surface area contributed by atoms with Crippen LogP contribution in [0.3, 0.4) is 0 Å². The number of nitrogens with two attached hydrogens (primary N) is 1. The van der Waals surface area contributed by atoms with E-state index in [0.717, 1.165) is 0 Å². The van der Waals surface area contributed by atoms with Gasteiger partial charge in [0.05, 0.1) is 19.2 Å². The summed E-state index contributed by atoms with van der Waals surface area (Å²) in [6.45, 7) is 0. The fraction of sp³-hybridized carbons (Fsp3) is 0.222. The predicted octanol–water partition coefficient (Wildman–Crippen LogP) is 1.64. The van der Waals surface area contributed by atoms with Gasteiger partial charge in [-0.15, -0.1) is 0 Å². The van der Waals surface area contributed by atoms with Crippen LogP contribution in [0.25, 0.3) is 0 Å². The van der Waals surface area contributed by atoms with Gasteiger partial charge < -0.3 is 15.2 Å². The van der Waals surface area contributed by atoms with E-state index in [4.69, 9.17) is 32.2 Å². The minimum Gasteiger partial charge on any atom is -0.496 e. The highest BCUT2D eigenvalue weighted by molar-refractivity contribution is 6.32. The summed E-state index contributed by atoms with van der Waals surface area (Å²) < 4.78 is 10.1. The predicted molar refractivity (Wildman–Crippen MR) is 55.6 cm³/mol. The summed E-state index contributed by atoms with van der Waals surface area (Å²) in [6, 6.07) is 3.27. The molecule has 0 fully saturated rings. The first-order valence-corrected chi connectivity index (χ1v) is 4.24. The number of methoxy groups -OCH3 is 2. The van der Waals surface area contributed by atoms with Crippen molar-refractivity contribution in [2.45, 2.75) is 0 Å². The van der Waals surface area contributed by atoms with Gasteiger partial charge in [0.15, 0.2) is 5.75 Å². The maximum Gasteiger partial charge on any atom is 0.152 e. The summed E-state index contributed by atoms with van der Waals surface area (Å²) in [5.74, 6) is 0.693. The highest BCUT2D eigenvalue weighted by Crippen LogP contribution is 2.34. The highest BCUT2D eigenvalue weighted by atomic mass is 35.5. The number of amidine groups is 1. The minimum absolute atomic E-state index is 0.138. The van der Waals surface area contributed by atoms with Gasteiger partial charge in [-0.2, -0.15) is 0 Å². The second-order valence-corrected chi connectivity index (χ2v) is 2.98. The molecule has 0 saturated heterocycles. The molecule has 0 aromatic heterocycles. The monoisotopic (exact) mass is 214 g/mol. The normalized spacial score (nSPS) is 9.64. The molecule has 0 saturated carbocycles. The van der Waals surface area contributed by atoms with Crippen LogP contribution >= 0.6 is 11.6 Å². The van der Waals surface area contributed by atoms with Crippen molar-refractivity contribution in [3.8, 4) is 11.5 Å². The van der Waals surface area contributed by atoms with Gasteiger partial charge in [0.2, 0.25) is 0 Å². The Hall–Kier alpha value is -1.42. The molecular formula is C9H11ClN2O2. The molecule has 14 heavy (non-hydrogen) atoms. The van der Waals surface area contributed by atoms with Crippen molar-refractivity contribution in [2.24, 2.45) is 5.73 Å². The van der Waals surface area contributed by atoms with Gasteiger partial charge in [-0.05, 0) is 12.1 Å². The van der Waals surface area contributed by atoms with Crippen LogP contribution in [0.4, 0.5) is 0 Å². The zero-order chi connectivity index (χ0) is 10.7. The zero-order valence-corrected chi connectivity index (χ0v) is 8.68. The van der Waals surface area contributed by atoms with E-state index in [1.807, 2.05) is 0 Å². The summed E-state index contributed by atoms with van der Waals surface area (Å²) in [6.07, 6.45) is 0. The molecule has 0 bridgehead atoms. The summed E-state index contributed by atoms with van der Waals surface area (Å²) in [7, 11) is 2.96. The van der Waals surface area contributed by atoms with Gasteiger partial charge in [0, 0.05) is 0 Å². The Morgan fingerprint density at radius 2 is 2.00 bits per heavy atom. The smallest absolute Gasteiger partial charge is 0.152 e. The third-order valence-electron chi connectivity index (χ3n) is 1.76. The van der Waals surface area contributed by atoms with Crippen molar-refractivity contribution >= 4 is 17.4 Å². The minimum atomic E-state index is -0.138. The van der Waals surface area contributed by atoms with E-state index in [1.54, 1.807) is 12.1 Å². The molecule has 5 heteroatoms. The molecule has 3 N–H and O–H groups in total. The number of hydrogen-bond acceptors (Lipinski definition) is 3. The van der Waals surface area contributed by atoms with Crippen molar-refractivity contribution in [3.05, 3.63) is 22.7 Å². The Kier molecular flexibility index (Phi) is 3.19. The Labute approximate surface area is 87.1 Å². The van der Waals surface area contributed by atoms with Crippen LogP contribution in [0.15, 0.2) is 12.1 Å². The van der Waals surface area contributed by atoms with Crippen molar-refractivity contribution in [1.82, 2.24) is 0 Å². The van der Waals surface area contributed by atoms with Gasteiger partial charge in [0.25, 0.3) is 0 Å². The van der Waals surface area contributed by atoms with Gasteiger partial charge >= 0.3 is 0 Å². The van der Waals surface area contributed by atoms with Gasteiger partial charge in [0.1, 0.15) is 17.1 Å². The molecule has 0 unspecified atom stereocenters. The number of benzene rings is 1. The van der Waals surface area contributed by atoms with Crippen LogP contribution in [0.2, 0.25) is 5.02 Å². The molecule has 0 atom stereocenters. The third-order valence-corrected chi connectivity index (χ3v) is 2.06. The second kappa shape index (κ2) is 4.19. The highest BCUT2D eigenvalue weighted by Gasteiger charge is 2.15. The molecule has 0 aliphatic rings. The van der Waals surface area contributed by atoms with E-state index in [9.17, 15) is 0 Å². The Bertz CT molecular complexity index is 366. The number of rotatable bonds is 3. The molecule has 0 radical (unpaired) electrons. The summed E-state index contributed by atoms with van der Waals surface area (Å²) in [5.41, 5.74) is 5.78. The SMILES string of the molecule is COc1ccc(Cl)c(OC)c1C(=N)N. The van der Waals surface area contributed by atoms with E-state index in [1.165, 1.54) is 14.2 Å². The fourth-order valence-corrected chi connectivity index (χ4v) is 1.40. The molecule has 0 heterocycles. The fourth-order valence-electron chi connectivity index (χ4n) is 1.16. The zero-order valence-electron chi connectivity index (χ0n) is 7.93. The van der Waals surface area contributed by atoms with E-state index in [2.05, 4.69) is 0 Å². The van der Waals surface area contributed by atoms with Crippen molar-refractivity contribution < 1.29 is 9.47 Å². The van der Waals surface area contributed by atoms with Crippen LogP contribution in [-0.2, 0) is 0 Å². The Morgan fingerprint density at radius 1 is 1.36 bits per heavy atom. The van der Waals surface area contributed by atoms with E-state index >= 15 is 0 Å². The Morgan fingerprint density at radius 3 is 2.43 bits per heavy atom. The lowest BCUT2D eigenvalue weighted by molar-refractivity contribution is 0.393. The number of nitrogens with one attached hydrogen (secondary N) is 1. The molecule has 1 rings (SSSR count). The molecule has 0 aliphatic carbocycles. The topological polar surface area (TPSA) is 68.3 Å². The third kappa shape index (κ3) is 1.75. The van der Waals surface area contributed by atoms with E-state index in [-0.39, 0.29) is 5.84 Å². The maximum atomic E-state index is 7.38. The molecule has 1 aromatic rings. The molecule has 1 aromatic carbocycles. The molecule has 0 spiro atoms. The standard InChI is InChI=1S/C9H11ClN2O2/c1-13-6-4-3-5(10)8(14-2)7(6)9(11)12/h3-4H,1-2H3,(H3,11,12). The van der Waals surface area contributed by atoms with Crippen LogP contribution in [0, 0.1) is 5.41 Å². The lowest BCUT2D eigenvalue weighted by atomic mass is 10.1. The molecule has 0 amide bonds. The van der Waals surface area contributed by atoms with E-state index in [0.29, 0.717) is 22.1 Å². The van der Waals surface area contributed by atoms with Gasteiger partial charge in [-0.25, -0.2) is 0 Å². The first-order chi connectivity index (χ1) is 6.61. The average molecular weight is 215 g/mol. The van der Waals surface area contributed by atoms with Crippen molar-refractivity contribution in [1.29, 1.82) is 5.41 Å². The van der Waals surface area contributed by atoms with Crippen LogP contribution in [0.1, 0.15) is 5.56 Å². The van der Waals surface area contributed by atoms with Crippen LogP contribution < -0.4 is 15.2 Å². The van der Waals surface area contributed by atoms with Crippen LogP contribution in [-0.4, -0.2) is 20.1 Å². The maximum absolute atomic E-state index is 7.38. The molecule has 4 nitrogen and oxygen atoms in total. The molecule has 0 aliphatic heterocycles. The lowest BCUT2D eigenvalue weighted by Crippen LogP contribution is -2.14. The van der Waals surface area contributed by atoms with Crippen LogP contribution in [0.5, 0.6) is 11.5 Å². The molecular weight excluding hydrogens is 204 g/mol. The quantitative estimate of drug-likeness (QED) is 0.594. The largest absolute Gasteiger partial charge is 0.496 e. The number of hydrogen-bond donors (Lipinski definition) is 2. The number of nitrogen functional groups attached to an aromatic ring is 1. The number of ether oxygens (including phenoxy) is 2. The lowest BCUT2D eigenvalue weighted by Gasteiger charge is -2.12. The first kappa shape index (κ1) is 10.7.